The third-order valence-corrected chi connectivity index (χ3v) is 7.16. The lowest BCUT2D eigenvalue weighted by Crippen LogP contribution is -2.45. The highest BCUT2D eigenvalue weighted by molar-refractivity contribution is 8.01. The molecule has 6 nitrogen and oxygen atoms in total. The number of piperidine rings is 1. The van der Waals surface area contributed by atoms with E-state index in [1.54, 1.807) is 24.3 Å². The van der Waals surface area contributed by atoms with Gasteiger partial charge in [-0.2, -0.15) is 8.78 Å². The smallest absolute Gasteiger partial charge is 0.288 e. The Hall–Kier alpha value is -1.43. The van der Waals surface area contributed by atoms with Crippen molar-refractivity contribution in [2.75, 3.05) is 30.7 Å². The zero-order chi connectivity index (χ0) is 20.6. The van der Waals surface area contributed by atoms with Gasteiger partial charge in [0.25, 0.3) is 5.76 Å². The number of carbonyl (C=O) groups excluding carboxylic acids is 1. The Balaban J connectivity index is 1.41. The van der Waals surface area contributed by atoms with Gasteiger partial charge in [0.1, 0.15) is 0 Å². The van der Waals surface area contributed by atoms with E-state index < -0.39 is 5.76 Å². The summed E-state index contributed by atoms with van der Waals surface area (Å²) >= 11 is 3.22. The van der Waals surface area contributed by atoms with Crippen LogP contribution in [0.1, 0.15) is 19.8 Å². The molecule has 29 heavy (non-hydrogen) atoms. The molecule has 1 aliphatic heterocycles. The maximum absolute atomic E-state index is 12.4. The number of likely N-dealkylation sites (tertiary alicyclic amines) is 1. The van der Waals surface area contributed by atoms with Gasteiger partial charge in [-0.15, -0.1) is 10.2 Å². The molecule has 2 aromatic rings. The molecular formula is C18H23F2N5OS3. The van der Waals surface area contributed by atoms with Gasteiger partial charge in [-0.1, -0.05) is 41.8 Å². The average Bonchev–Trinajstić information content (AvgIpc) is 3.15. The second-order valence-corrected chi connectivity index (χ2v) is 9.73. The number of nitrogens with one attached hydrogen (secondary N) is 2. The molecule has 0 unspecified atom stereocenters. The van der Waals surface area contributed by atoms with Gasteiger partial charge in [-0.05, 0) is 43.7 Å². The number of halogens is 2. The Morgan fingerprint density at radius 3 is 2.66 bits per heavy atom. The molecule has 3 rings (SSSR count). The van der Waals surface area contributed by atoms with Crippen molar-refractivity contribution in [3.8, 4) is 0 Å². The predicted molar refractivity (Wildman–Crippen MR) is 115 cm³/mol. The fourth-order valence-electron chi connectivity index (χ4n) is 2.95. The molecule has 0 atom stereocenters. The number of rotatable bonds is 9. The standard InChI is InChI=1S/C18H23F2N5OS3/c1-2-25-9-7-13(8-10-25)21-15(26)11-27-18-24-23-17(29-18)22-12-3-5-14(6-4-12)28-16(19)20/h3-6,13,16H,2,7-11H2,1H3,(H,21,26)(H,22,23). The number of hydrogen-bond acceptors (Lipinski definition) is 8. The topological polar surface area (TPSA) is 70.2 Å². The Kier molecular flexibility index (Phi) is 8.52. The first kappa shape index (κ1) is 22.3. The predicted octanol–water partition coefficient (Wildman–Crippen LogP) is 4.29. The van der Waals surface area contributed by atoms with Crippen LogP contribution in [0.3, 0.4) is 0 Å². The van der Waals surface area contributed by atoms with Gasteiger partial charge in [0.2, 0.25) is 11.0 Å². The van der Waals surface area contributed by atoms with E-state index in [0.717, 1.165) is 38.2 Å². The maximum atomic E-state index is 12.4. The fraction of sp³-hybridized carbons (Fsp3) is 0.500. The number of aromatic nitrogens is 2. The number of anilines is 2. The van der Waals surface area contributed by atoms with E-state index in [9.17, 15) is 13.6 Å². The van der Waals surface area contributed by atoms with Crippen molar-refractivity contribution in [1.82, 2.24) is 20.4 Å². The van der Waals surface area contributed by atoms with Gasteiger partial charge >= 0.3 is 0 Å². The van der Waals surface area contributed by atoms with Crippen molar-refractivity contribution in [1.29, 1.82) is 0 Å². The summed E-state index contributed by atoms with van der Waals surface area (Å²) in [6.45, 7) is 5.27. The summed E-state index contributed by atoms with van der Waals surface area (Å²) in [5.74, 6) is -2.11. The molecule has 1 saturated heterocycles. The number of nitrogens with zero attached hydrogens (tertiary/aromatic N) is 3. The summed E-state index contributed by atoms with van der Waals surface area (Å²) in [6, 6.07) is 6.95. The molecule has 158 valence electrons. The van der Waals surface area contributed by atoms with Crippen LogP contribution in [0.25, 0.3) is 0 Å². The van der Waals surface area contributed by atoms with Crippen molar-refractivity contribution >= 4 is 51.6 Å². The molecule has 1 amide bonds. The summed E-state index contributed by atoms with van der Waals surface area (Å²) in [5, 5.41) is 14.9. The maximum Gasteiger partial charge on any atom is 0.288 e. The molecule has 1 aromatic heterocycles. The highest BCUT2D eigenvalue weighted by atomic mass is 32.2. The van der Waals surface area contributed by atoms with E-state index >= 15 is 0 Å². The van der Waals surface area contributed by atoms with Gasteiger partial charge < -0.3 is 15.5 Å². The van der Waals surface area contributed by atoms with E-state index in [-0.39, 0.29) is 11.9 Å². The van der Waals surface area contributed by atoms with Crippen LogP contribution in [-0.4, -0.2) is 58.2 Å². The molecule has 2 heterocycles. The molecule has 0 spiro atoms. The minimum absolute atomic E-state index is 0.0155. The summed E-state index contributed by atoms with van der Waals surface area (Å²) in [7, 11) is 0. The molecule has 1 aliphatic rings. The Morgan fingerprint density at radius 2 is 2.00 bits per heavy atom. The lowest BCUT2D eigenvalue weighted by atomic mass is 10.1. The first-order valence-corrected chi connectivity index (χ1v) is 12.0. The molecule has 1 aromatic carbocycles. The summed E-state index contributed by atoms with van der Waals surface area (Å²) in [4.78, 5) is 15.1. The first-order valence-electron chi connectivity index (χ1n) is 9.31. The lowest BCUT2D eigenvalue weighted by molar-refractivity contribution is -0.119. The van der Waals surface area contributed by atoms with Crippen molar-refractivity contribution < 1.29 is 13.6 Å². The molecular weight excluding hydrogens is 436 g/mol. The average molecular weight is 460 g/mol. The van der Waals surface area contributed by atoms with Crippen molar-refractivity contribution in [3.05, 3.63) is 24.3 Å². The second kappa shape index (κ2) is 11.1. The third kappa shape index (κ3) is 7.40. The van der Waals surface area contributed by atoms with E-state index in [0.29, 0.717) is 31.9 Å². The Bertz CT molecular complexity index is 782. The van der Waals surface area contributed by atoms with Crippen molar-refractivity contribution in [3.63, 3.8) is 0 Å². The van der Waals surface area contributed by atoms with E-state index in [4.69, 9.17) is 0 Å². The largest absolute Gasteiger partial charge is 0.353 e. The van der Waals surface area contributed by atoms with E-state index in [1.807, 2.05) is 0 Å². The molecule has 0 radical (unpaired) electrons. The van der Waals surface area contributed by atoms with Crippen LogP contribution in [0.15, 0.2) is 33.5 Å². The van der Waals surface area contributed by atoms with Gasteiger partial charge in [0.15, 0.2) is 4.34 Å². The first-order chi connectivity index (χ1) is 14.0. The van der Waals surface area contributed by atoms with Gasteiger partial charge in [-0.25, -0.2) is 0 Å². The number of alkyl halides is 2. The van der Waals surface area contributed by atoms with Gasteiger partial charge in [-0.3, -0.25) is 4.79 Å². The molecule has 0 bridgehead atoms. The second-order valence-electron chi connectivity index (χ2n) is 6.47. The molecule has 11 heteroatoms. The normalized spacial score (nSPS) is 15.6. The van der Waals surface area contributed by atoms with Crippen LogP contribution < -0.4 is 10.6 Å². The number of hydrogen-bond donors (Lipinski definition) is 2. The van der Waals surface area contributed by atoms with Crippen LogP contribution in [0, 0.1) is 0 Å². The number of amides is 1. The quantitative estimate of drug-likeness (QED) is 0.542. The summed E-state index contributed by atoms with van der Waals surface area (Å²) in [6.07, 6.45) is 1.98. The van der Waals surface area contributed by atoms with E-state index in [1.165, 1.54) is 23.1 Å². The molecule has 0 saturated carbocycles. The zero-order valence-electron chi connectivity index (χ0n) is 15.9. The van der Waals surface area contributed by atoms with Crippen LogP contribution in [-0.2, 0) is 4.79 Å². The molecule has 2 N–H and O–H groups in total. The van der Waals surface area contributed by atoms with Gasteiger partial charge in [0, 0.05) is 29.7 Å². The lowest BCUT2D eigenvalue weighted by Gasteiger charge is -2.31. The summed E-state index contributed by atoms with van der Waals surface area (Å²) in [5.41, 5.74) is 0.743. The van der Waals surface area contributed by atoms with Crippen LogP contribution in [0.4, 0.5) is 19.6 Å². The minimum atomic E-state index is -2.43. The third-order valence-electron chi connectivity index (χ3n) is 4.46. The van der Waals surface area contributed by atoms with Crippen molar-refractivity contribution in [2.45, 2.75) is 40.8 Å². The van der Waals surface area contributed by atoms with Gasteiger partial charge in [0.05, 0.1) is 5.75 Å². The van der Waals surface area contributed by atoms with Crippen LogP contribution in [0.5, 0.6) is 0 Å². The Morgan fingerprint density at radius 1 is 1.28 bits per heavy atom. The fourth-order valence-corrected chi connectivity index (χ4v) is 5.03. The van der Waals surface area contributed by atoms with Crippen LogP contribution >= 0.6 is 34.9 Å². The number of thioether (sulfide) groups is 2. The highest BCUT2D eigenvalue weighted by Gasteiger charge is 2.19. The Labute approximate surface area is 181 Å². The number of benzene rings is 1. The van der Waals surface area contributed by atoms with E-state index in [2.05, 4.69) is 32.7 Å². The number of carbonyl (C=O) groups is 1. The van der Waals surface area contributed by atoms with Crippen LogP contribution in [0.2, 0.25) is 0 Å². The monoisotopic (exact) mass is 459 g/mol. The molecule has 1 fully saturated rings. The zero-order valence-corrected chi connectivity index (χ0v) is 18.4. The summed E-state index contributed by atoms with van der Waals surface area (Å²) < 4.78 is 25.4. The minimum Gasteiger partial charge on any atom is -0.353 e. The molecule has 0 aliphatic carbocycles. The van der Waals surface area contributed by atoms with Crippen molar-refractivity contribution in [2.24, 2.45) is 0 Å². The highest BCUT2D eigenvalue weighted by Crippen LogP contribution is 2.30. The SMILES string of the molecule is CCN1CCC(NC(=O)CSc2nnc(Nc3ccc(SC(F)F)cc3)s2)CC1.